The molecule has 1 atom stereocenters. The van der Waals surface area contributed by atoms with Crippen LogP contribution in [0.15, 0.2) is 58.3 Å². The Morgan fingerprint density at radius 3 is 2.76 bits per heavy atom. The van der Waals surface area contributed by atoms with Gasteiger partial charge in [-0.15, -0.1) is 22.7 Å². The number of nitro benzene ring substituents is 1. The molecule has 148 valence electrons. The molecule has 9 heteroatoms. The summed E-state index contributed by atoms with van der Waals surface area (Å²) in [5, 5.41) is 21.2. The Kier molecular flexibility index (Phi) is 5.41. The summed E-state index contributed by atoms with van der Waals surface area (Å²) in [6.45, 7) is 1.48. The van der Waals surface area contributed by atoms with Gasteiger partial charge in [-0.25, -0.2) is 5.01 Å². The SMILES string of the molecule is Cc1ccc([N+](=O)[O-])c(OCC(=O)N2N=C(c3cccs3)CC2c2cccs2)c1. The first-order valence-electron chi connectivity index (χ1n) is 8.87. The summed E-state index contributed by atoms with van der Waals surface area (Å²) in [7, 11) is 0. The van der Waals surface area contributed by atoms with Crippen molar-refractivity contribution in [1.82, 2.24) is 5.01 Å². The number of hydrogen-bond donors (Lipinski definition) is 0. The average Bonchev–Trinajstić information content (AvgIpc) is 3.46. The smallest absolute Gasteiger partial charge is 0.310 e. The van der Waals surface area contributed by atoms with Crippen molar-refractivity contribution in [3.05, 3.63) is 78.7 Å². The molecule has 0 radical (unpaired) electrons. The molecule has 4 rings (SSSR count). The van der Waals surface area contributed by atoms with Crippen LogP contribution in [0.5, 0.6) is 5.75 Å². The van der Waals surface area contributed by atoms with Crippen molar-refractivity contribution in [3.63, 3.8) is 0 Å². The van der Waals surface area contributed by atoms with Crippen molar-refractivity contribution in [3.8, 4) is 5.75 Å². The number of nitrogens with zero attached hydrogens (tertiary/aromatic N) is 3. The fourth-order valence-corrected chi connectivity index (χ4v) is 4.66. The van der Waals surface area contributed by atoms with Gasteiger partial charge in [0.2, 0.25) is 0 Å². The minimum Gasteiger partial charge on any atom is -0.477 e. The summed E-state index contributed by atoms with van der Waals surface area (Å²) in [5.74, 6) is -0.261. The lowest BCUT2D eigenvalue weighted by Crippen LogP contribution is -2.31. The van der Waals surface area contributed by atoms with Crippen molar-refractivity contribution in [2.75, 3.05) is 6.61 Å². The highest BCUT2D eigenvalue weighted by atomic mass is 32.1. The lowest BCUT2D eigenvalue weighted by Gasteiger charge is -2.20. The van der Waals surface area contributed by atoms with Gasteiger partial charge < -0.3 is 4.74 Å². The molecule has 1 amide bonds. The molecule has 3 aromatic rings. The molecule has 2 aromatic heterocycles. The lowest BCUT2D eigenvalue weighted by molar-refractivity contribution is -0.385. The minimum absolute atomic E-state index is 0.0812. The molecular weight excluding hydrogens is 410 g/mol. The highest BCUT2D eigenvalue weighted by Crippen LogP contribution is 2.36. The molecule has 3 heterocycles. The number of hydrogen-bond acceptors (Lipinski definition) is 7. The third-order valence-corrected chi connectivity index (χ3v) is 6.40. The van der Waals surface area contributed by atoms with Crippen LogP contribution in [-0.4, -0.2) is 28.2 Å². The Morgan fingerprint density at radius 2 is 2.07 bits per heavy atom. The van der Waals surface area contributed by atoms with Crippen molar-refractivity contribution >= 4 is 40.0 Å². The summed E-state index contributed by atoms with van der Waals surface area (Å²) >= 11 is 3.15. The molecule has 0 bridgehead atoms. The predicted octanol–water partition coefficient (Wildman–Crippen LogP) is 4.78. The Bertz CT molecular complexity index is 1060. The Morgan fingerprint density at radius 1 is 1.28 bits per heavy atom. The standard InChI is InChI=1S/C20H17N3O4S2/c1-13-6-7-15(23(25)26)17(10-13)27-12-20(24)22-16(19-5-3-9-29-19)11-14(21-22)18-4-2-8-28-18/h2-10,16H,11-12H2,1H3. The molecule has 0 aliphatic carbocycles. The van der Waals surface area contributed by atoms with Crippen LogP contribution in [0.3, 0.4) is 0 Å². The zero-order valence-corrected chi connectivity index (χ0v) is 17.1. The third kappa shape index (κ3) is 4.06. The van der Waals surface area contributed by atoms with E-state index in [1.807, 2.05) is 41.9 Å². The van der Waals surface area contributed by atoms with E-state index in [2.05, 4.69) is 5.10 Å². The zero-order chi connectivity index (χ0) is 20.4. The maximum atomic E-state index is 12.9. The summed E-state index contributed by atoms with van der Waals surface area (Å²) in [5.41, 5.74) is 1.50. The maximum Gasteiger partial charge on any atom is 0.310 e. The molecule has 1 aromatic carbocycles. The van der Waals surface area contributed by atoms with Crippen LogP contribution < -0.4 is 4.74 Å². The van der Waals surface area contributed by atoms with Gasteiger partial charge in [0, 0.05) is 17.4 Å². The summed E-state index contributed by atoms with van der Waals surface area (Å²) in [4.78, 5) is 25.7. The van der Waals surface area contributed by atoms with Crippen molar-refractivity contribution in [1.29, 1.82) is 0 Å². The molecule has 0 spiro atoms. The van der Waals surface area contributed by atoms with Gasteiger partial charge >= 0.3 is 5.69 Å². The van der Waals surface area contributed by atoms with Gasteiger partial charge in [0.1, 0.15) is 0 Å². The van der Waals surface area contributed by atoms with Crippen LogP contribution in [0, 0.1) is 17.0 Å². The number of aryl methyl sites for hydroxylation is 1. The Balaban J connectivity index is 1.56. The molecule has 1 aliphatic rings. The molecule has 0 fully saturated rings. The number of carbonyl (C=O) groups is 1. The van der Waals surface area contributed by atoms with E-state index in [1.165, 1.54) is 11.1 Å². The molecular formula is C20H17N3O4S2. The van der Waals surface area contributed by atoms with Crippen LogP contribution in [0.4, 0.5) is 5.69 Å². The molecule has 1 aliphatic heterocycles. The zero-order valence-electron chi connectivity index (χ0n) is 15.5. The number of hydrazone groups is 1. The first kappa shape index (κ1) is 19.3. The van der Waals surface area contributed by atoms with E-state index in [1.54, 1.807) is 34.8 Å². The molecule has 29 heavy (non-hydrogen) atoms. The predicted molar refractivity (Wildman–Crippen MR) is 113 cm³/mol. The fraction of sp³-hybridized carbons (Fsp3) is 0.200. The molecule has 7 nitrogen and oxygen atoms in total. The molecule has 1 unspecified atom stereocenters. The largest absolute Gasteiger partial charge is 0.477 e. The monoisotopic (exact) mass is 427 g/mol. The molecule has 0 saturated carbocycles. The number of carbonyl (C=O) groups excluding carboxylic acids is 1. The van der Waals surface area contributed by atoms with Crippen molar-refractivity contribution in [2.24, 2.45) is 5.10 Å². The number of amides is 1. The van der Waals surface area contributed by atoms with E-state index in [0.717, 1.165) is 21.0 Å². The van der Waals surface area contributed by atoms with Gasteiger partial charge in [0.15, 0.2) is 12.4 Å². The van der Waals surface area contributed by atoms with E-state index in [9.17, 15) is 14.9 Å². The normalized spacial score (nSPS) is 16.0. The molecule has 0 N–H and O–H groups in total. The highest BCUT2D eigenvalue weighted by Gasteiger charge is 2.34. The minimum atomic E-state index is -0.517. The quantitative estimate of drug-likeness (QED) is 0.418. The van der Waals surface area contributed by atoms with E-state index in [-0.39, 0.29) is 30.0 Å². The number of rotatable bonds is 6. The molecule has 0 saturated heterocycles. The third-order valence-electron chi connectivity index (χ3n) is 4.51. The Hall–Kier alpha value is -3.04. The van der Waals surface area contributed by atoms with Gasteiger partial charge in [-0.1, -0.05) is 18.2 Å². The topological polar surface area (TPSA) is 85.0 Å². The van der Waals surface area contributed by atoms with Crippen LogP contribution >= 0.6 is 22.7 Å². The van der Waals surface area contributed by atoms with E-state index >= 15 is 0 Å². The van der Waals surface area contributed by atoms with Crippen molar-refractivity contribution in [2.45, 2.75) is 19.4 Å². The summed E-state index contributed by atoms with van der Waals surface area (Å²) in [6.07, 6.45) is 0.622. The lowest BCUT2D eigenvalue weighted by atomic mass is 10.1. The second-order valence-electron chi connectivity index (χ2n) is 6.51. The van der Waals surface area contributed by atoms with Gasteiger partial charge in [0.05, 0.1) is 21.6 Å². The maximum absolute atomic E-state index is 12.9. The van der Waals surface area contributed by atoms with Crippen LogP contribution in [-0.2, 0) is 4.79 Å². The number of thiophene rings is 2. The first-order valence-corrected chi connectivity index (χ1v) is 10.6. The first-order chi connectivity index (χ1) is 14.0. The van der Waals surface area contributed by atoms with Gasteiger partial charge in [0.25, 0.3) is 5.91 Å². The number of benzene rings is 1. The average molecular weight is 428 g/mol. The van der Waals surface area contributed by atoms with E-state index in [0.29, 0.717) is 6.42 Å². The second-order valence-corrected chi connectivity index (χ2v) is 8.44. The van der Waals surface area contributed by atoms with Crippen LogP contribution in [0.1, 0.15) is 27.8 Å². The Labute approximate surface area is 175 Å². The van der Waals surface area contributed by atoms with Gasteiger partial charge in [-0.2, -0.15) is 5.10 Å². The van der Waals surface area contributed by atoms with Crippen molar-refractivity contribution < 1.29 is 14.5 Å². The summed E-state index contributed by atoms with van der Waals surface area (Å²) < 4.78 is 5.55. The summed E-state index contributed by atoms with van der Waals surface area (Å²) in [6, 6.07) is 12.2. The van der Waals surface area contributed by atoms with Crippen LogP contribution in [0.2, 0.25) is 0 Å². The van der Waals surface area contributed by atoms with E-state index in [4.69, 9.17) is 4.74 Å². The second kappa shape index (κ2) is 8.14. The highest BCUT2D eigenvalue weighted by molar-refractivity contribution is 7.12. The fourth-order valence-electron chi connectivity index (χ4n) is 3.13. The van der Waals surface area contributed by atoms with E-state index < -0.39 is 4.92 Å². The van der Waals surface area contributed by atoms with Crippen LogP contribution in [0.25, 0.3) is 0 Å². The number of nitro groups is 1. The van der Waals surface area contributed by atoms with Gasteiger partial charge in [-0.3, -0.25) is 14.9 Å². The number of ether oxygens (including phenoxy) is 1. The van der Waals surface area contributed by atoms with Gasteiger partial charge in [-0.05, 0) is 41.4 Å².